The maximum Gasteiger partial charge on any atom is 0.407 e. The number of nitrogens with two attached hydrogens (primary N) is 1. The van der Waals surface area contributed by atoms with Crippen LogP contribution in [0.15, 0.2) is 59.5 Å². The fourth-order valence-electron chi connectivity index (χ4n) is 6.06. The first-order chi connectivity index (χ1) is 21.5. The summed E-state index contributed by atoms with van der Waals surface area (Å²) < 4.78 is 76.7. The van der Waals surface area contributed by atoms with Gasteiger partial charge in [0.15, 0.2) is 21.0 Å². The van der Waals surface area contributed by atoms with Crippen LogP contribution in [0.4, 0.5) is 4.79 Å². The summed E-state index contributed by atoms with van der Waals surface area (Å²) in [6.45, 7) is 4.14. The average Bonchev–Trinajstić information content (AvgIpc) is 3.61. The van der Waals surface area contributed by atoms with E-state index >= 15 is 0 Å². The largest absolute Gasteiger partial charge is 0.497 e. The molecule has 2 saturated heterocycles. The molecule has 2 heterocycles. The van der Waals surface area contributed by atoms with Gasteiger partial charge in [0.1, 0.15) is 18.0 Å². The molecule has 0 bridgehead atoms. The summed E-state index contributed by atoms with van der Waals surface area (Å²) in [7, 11) is -6.57. The van der Waals surface area contributed by atoms with Crippen molar-refractivity contribution in [1.29, 1.82) is 0 Å². The Bertz CT molecular complexity index is 1540. The van der Waals surface area contributed by atoms with E-state index < -0.39 is 60.8 Å². The second kappa shape index (κ2) is 14.5. The van der Waals surface area contributed by atoms with Gasteiger partial charge in [0.05, 0.1) is 43.4 Å². The van der Waals surface area contributed by atoms with Gasteiger partial charge in [-0.2, -0.15) is 0 Å². The number of rotatable bonds is 15. The zero-order valence-corrected chi connectivity index (χ0v) is 28.2. The molecule has 6 atom stereocenters. The van der Waals surface area contributed by atoms with Gasteiger partial charge in [0.2, 0.25) is 10.0 Å². The first-order valence-corrected chi connectivity index (χ1v) is 18.5. The molecule has 0 spiro atoms. The molecule has 4 rings (SSSR count). The van der Waals surface area contributed by atoms with Crippen LogP contribution in [0.3, 0.4) is 0 Å². The highest BCUT2D eigenvalue weighted by Gasteiger charge is 2.53. The number of aliphatic hydroxyl groups excluding tert-OH is 1. The lowest BCUT2D eigenvalue weighted by Crippen LogP contribution is -2.65. The van der Waals surface area contributed by atoms with Crippen LogP contribution in [0.1, 0.15) is 38.7 Å². The second-order valence-corrected chi connectivity index (χ2v) is 16.8. The van der Waals surface area contributed by atoms with Crippen LogP contribution in [0.2, 0.25) is 0 Å². The molecule has 2 fully saturated rings. The highest BCUT2D eigenvalue weighted by atomic mass is 32.2. The van der Waals surface area contributed by atoms with Gasteiger partial charge in [0.25, 0.3) is 0 Å². The summed E-state index contributed by atoms with van der Waals surface area (Å²) in [5.41, 5.74) is 6.70. The van der Waals surface area contributed by atoms with Crippen LogP contribution in [-0.2, 0) is 40.5 Å². The van der Waals surface area contributed by atoms with Gasteiger partial charge in [-0.1, -0.05) is 44.2 Å². The molecule has 46 heavy (non-hydrogen) atoms. The summed E-state index contributed by atoms with van der Waals surface area (Å²) in [6.07, 6.45) is -2.10. The molecule has 2 aliphatic rings. The number of sulfonamides is 1. The zero-order chi connectivity index (χ0) is 33.8. The van der Waals surface area contributed by atoms with Crippen LogP contribution in [0.25, 0.3) is 0 Å². The van der Waals surface area contributed by atoms with E-state index in [1.807, 2.05) is 6.07 Å². The lowest BCUT2D eigenvalue weighted by molar-refractivity contribution is -0.0907. The quantitative estimate of drug-likeness (QED) is 0.214. The summed E-state index contributed by atoms with van der Waals surface area (Å²) >= 11 is 0. The minimum Gasteiger partial charge on any atom is -0.497 e. The predicted molar refractivity (Wildman–Crippen MR) is 170 cm³/mol. The Morgan fingerprint density at radius 3 is 2.39 bits per heavy atom. The van der Waals surface area contributed by atoms with E-state index in [-0.39, 0.29) is 43.2 Å². The van der Waals surface area contributed by atoms with Gasteiger partial charge in [-0.25, -0.2) is 26.4 Å². The molecule has 1 amide bonds. The molecule has 2 aromatic rings. The van der Waals surface area contributed by atoms with Crippen LogP contribution in [0.5, 0.6) is 5.75 Å². The number of alkyl carbamates (subject to hydrolysis) is 1. The molecule has 5 N–H and O–H groups in total. The number of nitrogens with one attached hydrogen (secondary N) is 2. The Kier molecular flexibility index (Phi) is 11.4. The molecule has 1 unspecified atom stereocenters. The van der Waals surface area contributed by atoms with Crippen molar-refractivity contribution in [3.63, 3.8) is 0 Å². The number of aliphatic hydroxyl groups is 1. The number of methoxy groups -OCH3 is 1. The van der Waals surface area contributed by atoms with Crippen LogP contribution >= 0.6 is 0 Å². The molecule has 0 radical (unpaired) electrons. The van der Waals surface area contributed by atoms with Gasteiger partial charge in [-0.05, 0) is 60.9 Å². The van der Waals surface area contributed by atoms with E-state index in [0.29, 0.717) is 24.3 Å². The Labute approximate surface area is 271 Å². The van der Waals surface area contributed by atoms with E-state index in [2.05, 4.69) is 10.0 Å². The first-order valence-electron chi connectivity index (χ1n) is 15.1. The predicted octanol–water partition coefficient (Wildman–Crippen LogP) is 1.94. The molecule has 2 aromatic carbocycles. The number of sulfone groups is 1. The summed E-state index contributed by atoms with van der Waals surface area (Å²) in [4.78, 5) is 10.8. The molecule has 13 nitrogen and oxygen atoms in total. The van der Waals surface area contributed by atoms with E-state index in [1.165, 1.54) is 31.4 Å². The van der Waals surface area contributed by atoms with Gasteiger partial charge >= 0.3 is 6.09 Å². The van der Waals surface area contributed by atoms with Gasteiger partial charge in [0, 0.05) is 6.54 Å². The Balaban J connectivity index is 1.69. The van der Waals surface area contributed by atoms with Crippen LogP contribution < -0.4 is 20.5 Å². The maximum absolute atomic E-state index is 14.4. The fourth-order valence-corrected chi connectivity index (χ4v) is 8.53. The Hall–Kier alpha value is -2.79. The van der Waals surface area contributed by atoms with Crippen molar-refractivity contribution in [2.45, 2.75) is 73.8 Å². The number of fused-ring (bicyclic) bond motifs is 1. The van der Waals surface area contributed by atoms with Crippen molar-refractivity contribution in [2.75, 3.05) is 33.1 Å². The maximum atomic E-state index is 14.4. The number of hydrogen-bond acceptors (Lipinski definition) is 11. The van der Waals surface area contributed by atoms with Crippen molar-refractivity contribution >= 4 is 26.0 Å². The average molecular weight is 684 g/mol. The Morgan fingerprint density at radius 2 is 1.76 bits per heavy atom. The van der Waals surface area contributed by atoms with Gasteiger partial charge < -0.3 is 35.1 Å². The number of ether oxygens (including phenoxy) is 4. The molecule has 15 heteroatoms. The monoisotopic (exact) mass is 683 g/mol. The highest BCUT2D eigenvalue weighted by Crippen LogP contribution is 2.39. The molecule has 256 valence electrons. The minimum absolute atomic E-state index is 0.0218. The molecule has 0 aromatic heterocycles. The third-order valence-corrected chi connectivity index (χ3v) is 11.5. The highest BCUT2D eigenvalue weighted by molar-refractivity contribution is 7.92. The Morgan fingerprint density at radius 1 is 1.09 bits per heavy atom. The third kappa shape index (κ3) is 8.76. The minimum atomic E-state index is -4.51. The van der Waals surface area contributed by atoms with Crippen molar-refractivity contribution in [1.82, 2.24) is 10.0 Å². The van der Waals surface area contributed by atoms with Crippen LogP contribution in [0, 0.1) is 11.3 Å². The van der Waals surface area contributed by atoms with E-state index in [9.17, 15) is 26.7 Å². The number of carbonyl (C=O) groups excluding carboxylic acids is 1. The lowest BCUT2D eigenvalue weighted by Gasteiger charge is -2.42. The lowest BCUT2D eigenvalue weighted by atomic mass is 9.79. The number of hydrogen-bond donors (Lipinski definition) is 4. The summed E-state index contributed by atoms with van der Waals surface area (Å²) in [6, 6.07) is 13.4. The molecular formula is C31H45N3O10S2. The second-order valence-electron chi connectivity index (χ2n) is 12.7. The van der Waals surface area contributed by atoms with E-state index in [4.69, 9.17) is 24.7 Å². The van der Waals surface area contributed by atoms with Crippen molar-refractivity contribution in [3.05, 3.63) is 60.2 Å². The van der Waals surface area contributed by atoms with Gasteiger partial charge in [-0.3, -0.25) is 0 Å². The normalized spacial score (nSPS) is 22.8. The van der Waals surface area contributed by atoms with Crippen molar-refractivity contribution in [3.8, 4) is 5.75 Å². The third-order valence-electron chi connectivity index (χ3n) is 8.52. The van der Waals surface area contributed by atoms with Gasteiger partial charge in [-0.15, -0.1) is 0 Å². The molecule has 0 aliphatic carbocycles. The summed E-state index contributed by atoms with van der Waals surface area (Å²) in [5.74, 6) is 0.292. The molecule has 2 aliphatic heterocycles. The number of amides is 1. The topological polar surface area (TPSA) is 193 Å². The van der Waals surface area contributed by atoms with E-state index in [0.717, 1.165) is 6.26 Å². The smallest absolute Gasteiger partial charge is 0.407 e. The fraction of sp³-hybridized carbons (Fsp3) is 0.581. The van der Waals surface area contributed by atoms with E-state index in [1.54, 1.807) is 38.1 Å². The molecular weight excluding hydrogens is 638 g/mol. The van der Waals surface area contributed by atoms with Crippen molar-refractivity contribution in [2.24, 2.45) is 17.1 Å². The van der Waals surface area contributed by atoms with Crippen molar-refractivity contribution < 1.29 is 45.7 Å². The summed E-state index contributed by atoms with van der Waals surface area (Å²) in [5, 5.41) is 14.8. The number of benzene rings is 2. The SMILES string of the molecule is COc1ccc(S(=O)(=O)C(N)(CC(C)(C)CCNS(C)(=O)=O)[C@H](O)[C@H](Cc2ccccc2)NC(=O)O[C@H]2CO[C@H]3OCC[C@H]32)cc1. The number of carbonyl (C=O) groups is 1. The zero-order valence-electron chi connectivity index (χ0n) is 26.5. The first kappa shape index (κ1) is 36.1. The molecule has 0 saturated carbocycles. The standard InChI is InChI=1S/C31H45N3O10S2/c1-30(2,15-16-33-45(4,37)38)20-31(32,46(39,40)23-12-10-22(41-3)11-13-23)27(35)25(18-21-8-6-5-7-9-21)34-29(36)44-26-19-43-28-24(26)14-17-42-28/h5-13,24-28,33,35H,14-20,32H2,1-4H3,(H,34,36)/t24-,25-,26-,27+,28+,31?/m0/s1. The van der Waals surface area contributed by atoms with Crippen LogP contribution in [-0.4, -0.2) is 90.6 Å².